The van der Waals surface area contributed by atoms with Crippen LogP contribution in [0.2, 0.25) is 0 Å². The molecule has 6 aromatic rings. The lowest BCUT2D eigenvalue weighted by Gasteiger charge is -2.43. The van der Waals surface area contributed by atoms with Crippen LogP contribution in [-0.4, -0.2) is 81.0 Å². The van der Waals surface area contributed by atoms with Gasteiger partial charge in [-0.1, -0.05) is 126 Å². The predicted molar refractivity (Wildman–Crippen MR) is 306 cm³/mol. The molecule has 2 saturated carbocycles. The Hall–Kier alpha value is -8.30. The quantitative estimate of drug-likeness (QED) is 0.0243. The van der Waals surface area contributed by atoms with Crippen LogP contribution in [0, 0.1) is 22.9 Å². The van der Waals surface area contributed by atoms with Crippen molar-refractivity contribution in [1.29, 1.82) is 10.5 Å². The van der Waals surface area contributed by atoms with Crippen molar-refractivity contribution in [2.45, 2.75) is 100.0 Å². The molecule has 6 aromatic carbocycles. The molecule has 0 amide bonds. The van der Waals surface area contributed by atoms with Crippen molar-refractivity contribution in [1.82, 2.24) is 15.5 Å². The molecule has 0 atom stereocenters. The first kappa shape index (κ1) is 57.4. The number of nitriles is 2. The van der Waals surface area contributed by atoms with E-state index in [4.69, 9.17) is 35.2 Å². The summed E-state index contributed by atoms with van der Waals surface area (Å²) >= 11 is 0. The lowest BCUT2D eigenvalue weighted by Crippen LogP contribution is -2.47. The molecule has 14 nitrogen and oxygen atoms in total. The lowest BCUT2D eigenvalue weighted by atomic mass is 9.65. The summed E-state index contributed by atoms with van der Waals surface area (Å²) in [4.78, 5) is 36.2. The van der Waals surface area contributed by atoms with Gasteiger partial charge in [-0.15, -0.1) is 0 Å². The van der Waals surface area contributed by atoms with Gasteiger partial charge in [-0.3, -0.25) is 19.9 Å². The number of benzene rings is 6. The second kappa shape index (κ2) is 29.9. The van der Waals surface area contributed by atoms with Crippen LogP contribution in [0.1, 0.15) is 109 Å². The number of guanidine groups is 1. The lowest BCUT2D eigenvalue weighted by molar-refractivity contribution is 0.0947. The molecule has 0 aromatic heterocycles. The summed E-state index contributed by atoms with van der Waals surface area (Å²) in [5, 5.41) is 23.9. The Morgan fingerprint density at radius 3 is 1.51 bits per heavy atom. The molecule has 1 aliphatic heterocycles. The second-order valence-electron chi connectivity index (χ2n) is 19.7. The van der Waals surface area contributed by atoms with E-state index in [2.05, 4.69) is 80.1 Å². The van der Waals surface area contributed by atoms with Gasteiger partial charge in [0.25, 0.3) is 0 Å². The van der Waals surface area contributed by atoms with E-state index in [0.717, 1.165) is 83.8 Å². The first-order valence-electron chi connectivity index (χ1n) is 27.0. The molecular weight excluding hydrogens is 977 g/mol. The van der Waals surface area contributed by atoms with Crippen molar-refractivity contribution in [2.75, 3.05) is 40.4 Å². The van der Waals surface area contributed by atoms with E-state index in [0.29, 0.717) is 71.6 Å². The monoisotopic (exact) mass is 1050 g/mol. The number of Topliss-reactive ketones (excluding diaryl/α,β-unsaturated/α-hetero) is 2. The normalized spacial score (nSPS) is 19.3. The maximum atomic E-state index is 13.1. The fourth-order valence-corrected chi connectivity index (χ4v) is 11.1. The van der Waals surface area contributed by atoms with E-state index in [9.17, 15) is 9.59 Å². The minimum atomic E-state index is -0.102. The van der Waals surface area contributed by atoms with E-state index in [1.54, 1.807) is 44.7 Å². The van der Waals surface area contributed by atoms with E-state index in [1.807, 2.05) is 97.2 Å². The molecule has 404 valence electrons. The summed E-state index contributed by atoms with van der Waals surface area (Å²) in [5.74, 6) is 3.42. The van der Waals surface area contributed by atoms with Crippen molar-refractivity contribution in [3.63, 3.8) is 0 Å². The van der Waals surface area contributed by atoms with Gasteiger partial charge < -0.3 is 34.9 Å². The molecule has 2 fully saturated rings. The summed E-state index contributed by atoms with van der Waals surface area (Å²) in [6, 6.07) is 55.3. The van der Waals surface area contributed by atoms with Gasteiger partial charge >= 0.3 is 6.08 Å². The van der Waals surface area contributed by atoms with Crippen molar-refractivity contribution < 1.29 is 28.5 Å². The number of nitrogens with zero attached hydrogens (tertiary/aromatic N) is 5. The van der Waals surface area contributed by atoms with E-state index < -0.39 is 0 Å². The predicted octanol–water partition coefficient (Wildman–Crippen LogP) is 11.3. The van der Waals surface area contributed by atoms with Gasteiger partial charge in [-0.2, -0.15) is 10.5 Å². The Balaban J connectivity index is 0.000000176. The zero-order valence-electron chi connectivity index (χ0n) is 44.9. The summed E-state index contributed by atoms with van der Waals surface area (Å²) in [6.45, 7) is 3.14. The standard InChI is InChI=1S/C26H30N4O2.C24H32N2O2.C14H10N2O2/c1-32-24-10-6-5-9-22(24)23(31)13-16-26(20-7-3-2-4-8-20)14-11-21(12-15-26)30-18-17-28-25(30)29-19-27;1-28-23-10-6-5-9-21(23)22(27)13-16-24(19-7-3-2-4-8-19)14-11-20(12-15-24)26-18-17-25;15-11-16-14(17-12-7-3-1-4-8-12)18-13-9-5-2-6-10-13/h2-10,21H,11-18H2,1H3,(H,28,29);2-10,20,26H,11-18,25H2,1H3;1-10H. The van der Waals surface area contributed by atoms with Gasteiger partial charge in [0.05, 0.1) is 31.9 Å². The summed E-state index contributed by atoms with van der Waals surface area (Å²) in [6.07, 6.45) is 14.8. The molecule has 14 heteroatoms. The maximum absolute atomic E-state index is 13.1. The summed E-state index contributed by atoms with van der Waals surface area (Å²) in [7, 11) is 3.23. The largest absolute Gasteiger partial charge is 0.496 e. The van der Waals surface area contributed by atoms with Crippen LogP contribution in [-0.2, 0) is 10.8 Å². The Kier molecular flexibility index (Phi) is 22.0. The SMILES string of the molecule is COc1ccccc1C(=O)CCC1(c2ccccc2)CCC(N2CCN=C2NC#N)CC1.COc1ccccc1C(=O)CCC1(c2ccccc2)CCC(NCCN)CC1.N#CN=C(Oc1ccccc1)Oc1ccccc1. The molecule has 3 aliphatic rings. The van der Waals surface area contributed by atoms with Crippen molar-refractivity contribution in [3.05, 3.63) is 192 Å². The van der Waals surface area contributed by atoms with Crippen LogP contribution in [0.15, 0.2) is 180 Å². The molecule has 0 radical (unpaired) electrons. The number of nitrogens with one attached hydrogen (secondary N) is 2. The number of rotatable bonds is 18. The number of ether oxygens (including phenoxy) is 4. The van der Waals surface area contributed by atoms with E-state index in [1.165, 1.54) is 11.1 Å². The van der Waals surface area contributed by atoms with Gasteiger partial charge in [0.1, 0.15) is 23.0 Å². The first-order chi connectivity index (χ1) is 38.2. The van der Waals surface area contributed by atoms with Crippen molar-refractivity contribution in [2.24, 2.45) is 15.7 Å². The van der Waals surface area contributed by atoms with E-state index in [-0.39, 0.29) is 28.5 Å². The average molecular weight is 1050 g/mol. The number of carbonyl (C=O) groups is 2. The Bertz CT molecular complexity index is 2900. The van der Waals surface area contributed by atoms with Gasteiger partial charge in [-0.05, 0) is 135 Å². The highest BCUT2D eigenvalue weighted by molar-refractivity contribution is 5.99. The number of hydrogen-bond donors (Lipinski definition) is 3. The molecule has 0 bridgehead atoms. The fraction of sp³-hybridized carbons (Fsp3) is 0.344. The minimum Gasteiger partial charge on any atom is -0.496 e. The zero-order chi connectivity index (χ0) is 54.8. The maximum Gasteiger partial charge on any atom is 0.410 e. The number of methoxy groups -OCH3 is 2. The number of nitrogens with two attached hydrogens (primary N) is 1. The molecule has 1 heterocycles. The summed E-state index contributed by atoms with van der Waals surface area (Å²) in [5.41, 5.74) is 9.71. The molecule has 2 aliphatic carbocycles. The average Bonchev–Trinajstić information content (AvgIpc) is 4.02. The van der Waals surface area contributed by atoms with Crippen molar-refractivity contribution >= 4 is 23.6 Å². The molecule has 78 heavy (non-hydrogen) atoms. The second-order valence-corrected chi connectivity index (χ2v) is 19.7. The van der Waals surface area contributed by atoms with Crippen molar-refractivity contribution in [3.8, 4) is 35.4 Å². The van der Waals surface area contributed by atoms with Gasteiger partial charge in [0, 0.05) is 44.6 Å². The third kappa shape index (κ3) is 15.9. The minimum absolute atomic E-state index is 0.0187. The summed E-state index contributed by atoms with van der Waals surface area (Å²) < 4.78 is 21.5. The van der Waals surface area contributed by atoms with Gasteiger partial charge in [0.15, 0.2) is 17.8 Å². The molecule has 0 saturated heterocycles. The van der Waals surface area contributed by atoms with Crippen LogP contribution >= 0.6 is 0 Å². The fourth-order valence-electron chi connectivity index (χ4n) is 11.1. The molecule has 4 N–H and O–H groups in total. The third-order valence-electron chi connectivity index (χ3n) is 15.2. The molecular formula is C64H72N8O6. The third-order valence-corrected chi connectivity index (χ3v) is 15.2. The van der Waals surface area contributed by atoms with Gasteiger partial charge in [-0.25, -0.2) is 0 Å². The van der Waals surface area contributed by atoms with Crippen LogP contribution in [0.3, 0.4) is 0 Å². The zero-order valence-corrected chi connectivity index (χ0v) is 44.9. The Labute approximate surface area is 459 Å². The highest BCUT2D eigenvalue weighted by Gasteiger charge is 2.40. The van der Waals surface area contributed by atoms with Crippen LogP contribution < -0.4 is 35.3 Å². The number of carbonyl (C=O) groups excluding carboxylic acids is 2. The Morgan fingerprint density at radius 1 is 0.641 bits per heavy atom. The number of hydrogen-bond acceptors (Lipinski definition) is 14. The van der Waals surface area contributed by atoms with Gasteiger partial charge in [0.2, 0.25) is 12.2 Å². The van der Waals surface area contributed by atoms with Crippen LogP contribution in [0.4, 0.5) is 0 Å². The smallest absolute Gasteiger partial charge is 0.410 e. The molecule has 9 rings (SSSR count). The Morgan fingerprint density at radius 2 is 1.08 bits per heavy atom. The first-order valence-corrected chi connectivity index (χ1v) is 27.0. The molecule has 0 spiro atoms. The molecule has 0 unspecified atom stereocenters. The highest BCUT2D eigenvalue weighted by Crippen LogP contribution is 2.46. The number of para-hydroxylation sites is 4. The van der Waals surface area contributed by atoms with Crippen LogP contribution in [0.25, 0.3) is 0 Å². The highest BCUT2D eigenvalue weighted by atomic mass is 16.7. The number of aliphatic imine (C=N–C) groups is 2. The van der Waals surface area contributed by atoms with Crippen LogP contribution in [0.5, 0.6) is 23.0 Å². The van der Waals surface area contributed by atoms with E-state index >= 15 is 0 Å². The topological polar surface area (TPSA) is 197 Å². The number of ketones is 2.